The predicted molar refractivity (Wildman–Crippen MR) is 153 cm³/mol. The maximum absolute atomic E-state index is 11.4. The average molecular weight is 549 g/mol. The first kappa shape index (κ1) is 28.9. The van der Waals surface area contributed by atoms with Gasteiger partial charge < -0.3 is 34.7 Å². The molecule has 0 saturated carbocycles. The number of nitrogens with one attached hydrogen (secondary N) is 1. The smallest absolute Gasteiger partial charge is 0.414 e. The van der Waals surface area contributed by atoms with Crippen molar-refractivity contribution >= 4 is 33.6 Å². The molecule has 212 valence electrons. The van der Waals surface area contributed by atoms with Gasteiger partial charge in [-0.3, -0.25) is 0 Å². The van der Waals surface area contributed by atoms with Gasteiger partial charge in [-0.2, -0.15) is 0 Å². The normalized spacial score (nSPS) is 15.0. The van der Waals surface area contributed by atoms with E-state index < -0.39 is 17.5 Å². The van der Waals surface area contributed by atoms with E-state index in [1.54, 1.807) is 0 Å². The quantitative estimate of drug-likeness (QED) is 0.178. The van der Waals surface area contributed by atoms with E-state index in [0.717, 1.165) is 77.6 Å². The van der Waals surface area contributed by atoms with Gasteiger partial charge in [0.15, 0.2) is 0 Å². The number of carboxylic acids is 2. The number of aliphatic hydroxyl groups is 1. The lowest BCUT2D eigenvalue weighted by Gasteiger charge is -2.38. The van der Waals surface area contributed by atoms with Crippen LogP contribution in [-0.2, 0) is 15.2 Å². The third kappa shape index (κ3) is 7.31. The van der Waals surface area contributed by atoms with Crippen molar-refractivity contribution in [1.29, 1.82) is 0 Å². The van der Waals surface area contributed by atoms with Gasteiger partial charge >= 0.3 is 11.9 Å². The molecule has 1 aliphatic heterocycles. The Hall–Kier alpha value is -4.08. The van der Waals surface area contributed by atoms with E-state index in [9.17, 15) is 5.11 Å². The first-order chi connectivity index (χ1) is 19.1. The van der Waals surface area contributed by atoms with E-state index in [1.165, 1.54) is 0 Å². The molecule has 40 heavy (non-hydrogen) atoms. The molecule has 5 rings (SSSR count). The van der Waals surface area contributed by atoms with E-state index in [2.05, 4.69) is 52.3 Å². The number of ether oxygens (including phenoxy) is 2. The van der Waals surface area contributed by atoms with Crippen LogP contribution >= 0.6 is 0 Å². The largest absolute Gasteiger partial charge is 0.493 e. The number of hydrogen-bond donors (Lipinski definition) is 4. The van der Waals surface area contributed by atoms with Gasteiger partial charge in [-0.05, 0) is 85.8 Å². The summed E-state index contributed by atoms with van der Waals surface area (Å²) in [5.41, 5.74) is 1.35. The van der Waals surface area contributed by atoms with Crippen LogP contribution in [0.2, 0.25) is 0 Å². The van der Waals surface area contributed by atoms with Gasteiger partial charge in [-0.15, -0.1) is 0 Å². The first-order valence-corrected chi connectivity index (χ1v) is 13.5. The molecule has 1 saturated heterocycles. The van der Waals surface area contributed by atoms with Gasteiger partial charge in [0.1, 0.15) is 11.5 Å². The lowest BCUT2D eigenvalue weighted by atomic mass is 9.83. The highest BCUT2D eigenvalue weighted by molar-refractivity contribution is 6.27. The van der Waals surface area contributed by atoms with Crippen LogP contribution in [-0.4, -0.2) is 69.5 Å². The predicted octanol–water partition coefficient (Wildman–Crippen LogP) is 5.02. The van der Waals surface area contributed by atoms with E-state index in [0.29, 0.717) is 6.61 Å². The topological polar surface area (TPSA) is 132 Å². The van der Waals surface area contributed by atoms with Crippen LogP contribution in [0.1, 0.15) is 38.7 Å². The molecule has 0 radical (unpaired) electrons. The van der Waals surface area contributed by atoms with Gasteiger partial charge in [0, 0.05) is 36.7 Å². The molecule has 2 heterocycles. The summed E-state index contributed by atoms with van der Waals surface area (Å²) in [5.74, 6) is -1.83. The van der Waals surface area contributed by atoms with Gasteiger partial charge in [-0.1, -0.05) is 24.3 Å². The van der Waals surface area contributed by atoms with E-state index >= 15 is 0 Å². The van der Waals surface area contributed by atoms with Crippen LogP contribution in [0.5, 0.6) is 11.5 Å². The second kappa shape index (κ2) is 12.8. The fourth-order valence-electron chi connectivity index (χ4n) is 4.95. The second-order valence-electron chi connectivity index (χ2n) is 10.3. The molecule has 0 aliphatic carbocycles. The maximum atomic E-state index is 11.4. The summed E-state index contributed by atoms with van der Waals surface area (Å²) in [6, 6.07) is 20.7. The lowest BCUT2D eigenvalue weighted by Crippen LogP contribution is -2.43. The SMILES string of the molecule is CC(C)Oc1ccc2cc(C3(O)CCN(CCCOc4cccc5[nH]ccc45)CC3)ccc2c1.O=C(O)C(=O)O. The number of aromatic nitrogens is 1. The Labute approximate surface area is 232 Å². The minimum absolute atomic E-state index is 0.155. The molecule has 1 fully saturated rings. The number of hydrogen-bond acceptors (Lipinski definition) is 6. The molecule has 9 nitrogen and oxygen atoms in total. The zero-order valence-corrected chi connectivity index (χ0v) is 22.8. The number of aliphatic carboxylic acids is 2. The summed E-state index contributed by atoms with van der Waals surface area (Å²) in [6.45, 7) is 7.53. The summed E-state index contributed by atoms with van der Waals surface area (Å²) < 4.78 is 11.9. The van der Waals surface area contributed by atoms with Crippen LogP contribution in [0.4, 0.5) is 0 Å². The van der Waals surface area contributed by atoms with Crippen LogP contribution in [0.15, 0.2) is 66.9 Å². The number of rotatable bonds is 8. The van der Waals surface area contributed by atoms with Crippen LogP contribution in [0.25, 0.3) is 21.7 Å². The van der Waals surface area contributed by atoms with Gasteiger partial charge in [-0.25, -0.2) is 9.59 Å². The Morgan fingerprint density at radius 2 is 1.68 bits per heavy atom. The molecule has 4 N–H and O–H groups in total. The number of aromatic amines is 1. The van der Waals surface area contributed by atoms with Crippen molar-refractivity contribution in [2.75, 3.05) is 26.2 Å². The summed E-state index contributed by atoms with van der Waals surface area (Å²) in [7, 11) is 0. The summed E-state index contributed by atoms with van der Waals surface area (Å²) in [6.07, 6.45) is 4.56. The standard InChI is InChI=1S/C29H34N2O3.C2H2O4/c1-21(2)34-25-10-8-22-19-24(9-7-23(22)20-25)29(32)12-16-31(17-13-29)15-4-18-33-28-6-3-5-27-26(28)11-14-30-27;3-1(4)2(5)6/h3,5-11,14,19-21,30,32H,4,12-13,15-18H2,1-2H3;(H,3,4)(H,5,6). The minimum atomic E-state index is -1.82. The van der Waals surface area contributed by atoms with Crippen molar-refractivity contribution in [3.8, 4) is 11.5 Å². The molecular formula is C31H36N2O7. The Kier molecular flexibility index (Phi) is 9.29. The van der Waals surface area contributed by atoms with E-state index in [4.69, 9.17) is 29.3 Å². The Balaban J connectivity index is 0.000000557. The monoisotopic (exact) mass is 548 g/mol. The second-order valence-corrected chi connectivity index (χ2v) is 10.3. The van der Waals surface area contributed by atoms with Gasteiger partial charge in [0.2, 0.25) is 0 Å². The number of benzene rings is 3. The van der Waals surface area contributed by atoms with Crippen molar-refractivity contribution < 1.29 is 34.4 Å². The average Bonchev–Trinajstić information content (AvgIpc) is 3.42. The van der Waals surface area contributed by atoms with E-state index in [-0.39, 0.29) is 6.10 Å². The zero-order chi connectivity index (χ0) is 28.7. The fraction of sp³-hybridized carbons (Fsp3) is 0.355. The number of likely N-dealkylation sites (tertiary alicyclic amines) is 1. The zero-order valence-electron chi connectivity index (χ0n) is 22.8. The number of nitrogens with zero attached hydrogens (tertiary/aromatic N) is 1. The van der Waals surface area contributed by atoms with Crippen molar-refractivity contribution in [3.05, 3.63) is 72.4 Å². The maximum Gasteiger partial charge on any atom is 0.414 e. The fourth-order valence-corrected chi connectivity index (χ4v) is 4.95. The molecule has 9 heteroatoms. The highest BCUT2D eigenvalue weighted by Crippen LogP contribution is 2.35. The Morgan fingerprint density at radius 3 is 2.38 bits per heavy atom. The number of H-pyrrole nitrogens is 1. The Morgan fingerprint density at radius 1 is 0.975 bits per heavy atom. The molecular weight excluding hydrogens is 512 g/mol. The van der Waals surface area contributed by atoms with Gasteiger partial charge in [0.05, 0.1) is 18.3 Å². The molecule has 0 bridgehead atoms. The molecule has 1 aliphatic rings. The molecule has 0 unspecified atom stereocenters. The number of piperidine rings is 1. The highest BCUT2D eigenvalue weighted by atomic mass is 16.5. The van der Waals surface area contributed by atoms with Crippen molar-refractivity contribution in [2.45, 2.75) is 44.8 Å². The van der Waals surface area contributed by atoms with Crippen LogP contribution in [0, 0.1) is 0 Å². The summed E-state index contributed by atoms with van der Waals surface area (Å²) in [4.78, 5) is 23.9. The van der Waals surface area contributed by atoms with E-state index in [1.807, 2.05) is 38.2 Å². The number of fused-ring (bicyclic) bond motifs is 2. The Bertz CT molecular complexity index is 1440. The summed E-state index contributed by atoms with van der Waals surface area (Å²) >= 11 is 0. The molecule has 0 atom stereocenters. The third-order valence-corrected chi connectivity index (χ3v) is 7.02. The van der Waals surface area contributed by atoms with Crippen LogP contribution in [0.3, 0.4) is 0 Å². The minimum Gasteiger partial charge on any atom is -0.493 e. The first-order valence-electron chi connectivity index (χ1n) is 13.5. The van der Waals surface area contributed by atoms with Crippen molar-refractivity contribution in [2.24, 2.45) is 0 Å². The molecule has 4 aromatic rings. The third-order valence-electron chi connectivity index (χ3n) is 7.02. The summed E-state index contributed by atoms with van der Waals surface area (Å²) in [5, 5.41) is 29.6. The van der Waals surface area contributed by atoms with Crippen LogP contribution < -0.4 is 9.47 Å². The number of carboxylic acid groups (broad SMARTS) is 2. The lowest BCUT2D eigenvalue weighted by molar-refractivity contribution is -0.159. The molecule has 0 amide bonds. The molecule has 0 spiro atoms. The molecule has 3 aromatic carbocycles. The van der Waals surface area contributed by atoms with Gasteiger partial charge in [0.25, 0.3) is 0 Å². The molecule has 1 aromatic heterocycles. The van der Waals surface area contributed by atoms with Crippen molar-refractivity contribution in [1.82, 2.24) is 9.88 Å². The highest BCUT2D eigenvalue weighted by Gasteiger charge is 2.33. The number of carbonyl (C=O) groups is 2. The van der Waals surface area contributed by atoms with Crippen molar-refractivity contribution in [3.63, 3.8) is 0 Å².